The van der Waals surface area contributed by atoms with E-state index in [1.807, 2.05) is 53.1 Å². The lowest BCUT2D eigenvalue weighted by Crippen LogP contribution is -2.12. The second kappa shape index (κ2) is 7.34. The first-order valence-corrected chi connectivity index (χ1v) is 8.65. The van der Waals surface area contributed by atoms with E-state index in [0.29, 0.717) is 11.5 Å². The van der Waals surface area contributed by atoms with Crippen molar-refractivity contribution in [2.24, 2.45) is 0 Å². The molecule has 0 aliphatic heterocycles. The van der Waals surface area contributed by atoms with E-state index < -0.39 is 0 Å². The Morgan fingerprint density at radius 3 is 2.68 bits per heavy atom. The van der Waals surface area contributed by atoms with Crippen LogP contribution < -0.4 is 5.32 Å². The monoisotopic (exact) mass is 333 g/mol. The molecule has 0 unspecified atom stereocenters. The van der Waals surface area contributed by atoms with E-state index in [4.69, 9.17) is 4.98 Å². The Morgan fingerprint density at radius 2 is 2.00 bits per heavy atom. The van der Waals surface area contributed by atoms with E-state index >= 15 is 0 Å². The minimum Gasteiger partial charge on any atom is -0.322 e. The number of rotatable bonds is 5. The third-order valence-corrected chi connectivity index (χ3v) is 4.04. The molecule has 1 aromatic carbocycles. The minimum atomic E-state index is -0.131. The van der Waals surface area contributed by atoms with Crippen molar-refractivity contribution in [1.29, 1.82) is 0 Å². The average Bonchev–Trinajstić information content (AvgIpc) is 2.98. The molecule has 25 heavy (non-hydrogen) atoms. The van der Waals surface area contributed by atoms with Crippen LogP contribution in [0.3, 0.4) is 0 Å². The van der Waals surface area contributed by atoms with Crippen molar-refractivity contribution in [1.82, 2.24) is 9.38 Å². The van der Waals surface area contributed by atoms with Crippen molar-refractivity contribution in [3.8, 4) is 0 Å². The predicted molar refractivity (Wildman–Crippen MR) is 103 cm³/mol. The van der Waals surface area contributed by atoms with Crippen LogP contribution in [0.4, 0.5) is 5.69 Å². The molecule has 2 heterocycles. The highest BCUT2D eigenvalue weighted by Crippen LogP contribution is 2.23. The second-order valence-corrected chi connectivity index (χ2v) is 6.31. The summed E-state index contributed by atoms with van der Waals surface area (Å²) >= 11 is 0. The maximum Gasteiger partial charge on any atom is 0.255 e. The van der Waals surface area contributed by atoms with Gasteiger partial charge in [-0.05, 0) is 42.7 Å². The number of carbonyl (C=O) groups excluding carboxylic acids is 1. The van der Waals surface area contributed by atoms with Crippen molar-refractivity contribution in [2.75, 3.05) is 5.32 Å². The van der Waals surface area contributed by atoms with E-state index in [1.165, 1.54) is 0 Å². The molecule has 0 spiro atoms. The minimum absolute atomic E-state index is 0.131. The molecule has 3 rings (SSSR count). The summed E-state index contributed by atoms with van der Waals surface area (Å²) in [5.74, 6) is 0.187. The summed E-state index contributed by atoms with van der Waals surface area (Å²) in [5, 5.41) is 2.91. The van der Waals surface area contributed by atoms with Gasteiger partial charge in [0.05, 0.1) is 11.4 Å². The predicted octanol–water partition coefficient (Wildman–Crippen LogP) is 5.13. The number of pyridine rings is 1. The van der Waals surface area contributed by atoms with Gasteiger partial charge in [0, 0.05) is 17.4 Å². The van der Waals surface area contributed by atoms with Gasteiger partial charge in [0.2, 0.25) is 0 Å². The van der Waals surface area contributed by atoms with Gasteiger partial charge < -0.3 is 5.32 Å². The van der Waals surface area contributed by atoms with Crippen LogP contribution >= 0.6 is 0 Å². The summed E-state index contributed by atoms with van der Waals surface area (Å²) in [6, 6.07) is 13.1. The highest BCUT2D eigenvalue weighted by atomic mass is 16.1. The molecular weight excluding hydrogens is 310 g/mol. The zero-order valence-electron chi connectivity index (χ0n) is 14.9. The summed E-state index contributed by atoms with van der Waals surface area (Å²) in [6.45, 7) is 6.38. The van der Waals surface area contributed by atoms with Crippen LogP contribution in [0, 0.1) is 0 Å². The molecule has 0 saturated heterocycles. The first-order chi connectivity index (χ1) is 12.1. The summed E-state index contributed by atoms with van der Waals surface area (Å²) in [5.41, 5.74) is 4.31. The molecular formula is C21H23N3O. The number of nitrogens with one attached hydrogen (secondary N) is 1. The Kier molecular flexibility index (Phi) is 4.98. The molecule has 1 amide bonds. The molecule has 0 fully saturated rings. The summed E-state index contributed by atoms with van der Waals surface area (Å²) in [4.78, 5) is 17.2. The Morgan fingerprint density at radius 1 is 1.24 bits per heavy atom. The van der Waals surface area contributed by atoms with Gasteiger partial charge >= 0.3 is 0 Å². The number of hydrogen-bond donors (Lipinski definition) is 1. The Labute approximate surface area is 148 Å². The van der Waals surface area contributed by atoms with Gasteiger partial charge in [-0.25, -0.2) is 4.98 Å². The van der Waals surface area contributed by atoms with Gasteiger partial charge in [0.1, 0.15) is 5.65 Å². The Balaban J connectivity index is 1.97. The fraction of sp³-hybridized carbons (Fsp3) is 0.238. The van der Waals surface area contributed by atoms with E-state index in [9.17, 15) is 4.79 Å². The van der Waals surface area contributed by atoms with E-state index in [0.717, 1.165) is 29.1 Å². The lowest BCUT2D eigenvalue weighted by atomic mass is 10.1. The number of benzene rings is 1. The lowest BCUT2D eigenvalue weighted by Gasteiger charge is -2.06. The van der Waals surface area contributed by atoms with Crippen LogP contribution in [0.2, 0.25) is 0 Å². The van der Waals surface area contributed by atoms with Crippen molar-refractivity contribution in [3.63, 3.8) is 0 Å². The SMILES string of the molecule is CCC=Cc1c(C(C)C)nc2cc(C(=O)Nc3ccccc3)ccn12. The van der Waals surface area contributed by atoms with Crippen LogP contribution in [0.1, 0.15) is 54.9 Å². The summed E-state index contributed by atoms with van der Waals surface area (Å²) in [7, 11) is 0. The number of para-hydroxylation sites is 1. The zero-order valence-corrected chi connectivity index (χ0v) is 14.9. The normalized spacial score (nSPS) is 11.5. The van der Waals surface area contributed by atoms with Gasteiger partial charge in [0.25, 0.3) is 5.91 Å². The highest BCUT2D eigenvalue weighted by Gasteiger charge is 2.15. The van der Waals surface area contributed by atoms with Gasteiger partial charge in [-0.1, -0.05) is 45.0 Å². The van der Waals surface area contributed by atoms with Crippen molar-refractivity contribution < 1.29 is 4.79 Å². The van der Waals surface area contributed by atoms with Crippen LogP contribution in [-0.2, 0) is 0 Å². The molecule has 4 nitrogen and oxygen atoms in total. The molecule has 0 bridgehead atoms. The number of imidazole rings is 1. The smallest absolute Gasteiger partial charge is 0.255 e. The van der Waals surface area contributed by atoms with Crippen LogP contribution in [0.5, 0.6) is 0 Å². The molecule has 0 radical (unpaired) electrons. The number of carbonyl (C=O) groups is 1. The number of aromatic nitrogens is 2. The molecule has 0 aliphatic carbocycles. The number of fused-ring (bicyclic) bond motifs is 1. The molecule has 4 heteroatoms. The number of allylic oxidation sites excluding steroid dienone is 1. The van der Waals surface area contributed by atoms with Crippen molar-refractivity contribution in [3.05, 3.63) is 71.7 Å². The maximum atomic E-state index is 12.5. The summed E-state index contributed by atoms with van der Waals surface area (Å²) < 4.78 is 2.04. The third kappa shape index (κ3) is 3.63. The fourth-order valence-corrected chi connectivity index (χ4v) is 2.77. The standard InChI is InChI=1S/C21H23N3O/c1-4-5-11-18-20(15(2)3)23-19-14-16(12-13-24(18)19)21(25)22-17-9-7-6-8-10-17/h5-15H,4H2,1-3H3,(H,22,25). The Bertz CT molecular complexity index is 908. The van der Waals surface area contributed by atoms with Crippen LogP contribution in [0.25, 0.3) is 11.7 Å². The average molecular weight is 333 g/mol. The highest BCUT2D eigenvalue weighted by molar-refractivity contribution is 6.04. The van der Waals surface area contributed by atoms with Gasteiger partial charge in [-0.3, -0.25) is 9.20 Å². The number of amides is 1. The van der Waals surface area contributed by atoms with Crippen molar-refractivity contribution in [2.45, 2.75) is 33.1 Å². The largest absolute Gasteiger partial charge is 0.322 e. The molecule has 2 aromatic heterocycles. The van der Waals surface area contributed by atoms with Gasteiger partial charge in [-0.2, -0.15) is 0 Å². The third-order valence-electron chi connectivity index (χ3n) is 4.04. The summed E-state index contributed by atoms with van der Waals surface area (Å²) in [6.07, 6.45) is 7.14. The van der Waals surface area contributed by atoms with Crippen molar-refractivity contribution >= 4 is 23.3 Å². The first kappa shape index (κ1) is 17.0. The quantitative estimate of drug-likeness (QED) is 0.703. The molecule has 0 atom stereocenters. The van der Waals surface area contributed by atoms with E-state index in [2.05, 4.69) is 38.2 Å². The molecule has 0 saturated carbocycles. The zero-order chi connectivity index (χ0) is 17.8. The van der Waals surface area contributed by atoms with E-state index in [1.54, 1.807) is 0 Å². The van der Waals surface area contributed by atoms with Crippen LogP contribution in [0.15, 0.2) is 54.7 Å². The Hall–Kier alpha value is -2.88. The van der Waals surface area contributed by atoms with Gasteiger partial charge in [-0.15, -0.1) is 0 Å². The maximum absolute atomic E-state index is 12.5. The topological polar surface area (TPSA) is 46.4 Å². The number of hydrogen-bond acceptors (Lipinski definition) is 2. The second-order valence-electron chi connectivity index (χ2n) is 6.31. The molecule has 0 aliphatic rings. The number of anilines is 1. The lowest BCUT2D eigenvalue weighted by molar-refractivity contribution is 0.102. The molecule has 1 N–H and O–H groups in total. The number of nitrogens with zero attached hydrogens (tertiary/aromatic N) is 2. The fourth-order valence-electron chi connectivity index (χ4n) is 2.77. The first-order valence-electron chi connectivity index (χ1n) is 8.65. The van der Waals surface area contributed by atoms with Crippen LogP contribution in [-0.4, -0.2) is 15.3 Å². The van der Waals surface area contributed by atoms with E-state index in [-0.39, 0.29) is 5.91 Å². The molecule has 128 valence electrons. The van der Waals surface area contributed by atoms with Gasteiger partial charge in [0.15, 0.2) is 0 Å². The molecule has 3 aromatic rings.